The number of carbonyl (C=O) groups is 2. The molecule has 0 saturated heterocycles. The van der Waals surface area contributed by atoms with Crippen LogP contribution in [0.3, 0.4) is 0 Å². The highest BCUT2D eigenvalue weighted by Gasteiger charge is 2.20. The second kappa shape index (κ2) is 8.42. The molecule has 0 bridgehead atoms. The van der Waals surface area contributed by atoms with Gasteiger partial charge in [0.05, 0.1) is 16.3 Å². The van der Waals surface area contributed by atoms with Crippen LogP contribution in [0.4, 0.5) is 11.5 Å². The summed E-state index contributed by atoms with van der Waals surface area (Å²) in [5.74, 6) is -0.329. The van der Waals surface area contributed by atoms with Crippen molar-refractivity contribution in [1.29, 1.82) is 0 Å². The number of aryl methyl sites for hydroxylation is 1. The van der Waals surface area contributed by atoms with Gasteiger partial charge < -0.3 is 10.2 Å². The molecule has 1 N–H and O–H groups in total. The third-order valence-electron chi connectivity index (χ3n) is 4.14. The van der Waals surface area contributed by atoms with Crippen molar-refractivity contribution in [1.82, 2.24) is 4.98 Å². The van der Waals surface area contributed by atoms with E-state index in [0.717, 1.165) is 5.56 Å². The van der Waals surface area contributed by atoms with Crippen LogP contribution in [0.5, 0.6) is 0 Å². The van der Waals surface area contributed by atoms with Gasteiger partial charge in [-0.05, 0) is 49.4 Å². The van der Waals surface area contributed by atoms with E-state index in [1.807, 2.05) is 19.1 Å². The molecular formula is C21H17Cl2N3O2. The van der Waals surface area contributed by atoms with Crippen LogP contribution in [0.1, 0.15) is 26.3 Å². The summed E-state index contributed by atoms with van der Waals surface area (Å²) in [5, 5.41) is 3.54. The van der Waals surface area contributed by atoms with Gasteiger partial charge >= 0.3 is 0 Å². The second-order valence-corrected chi connectivity index (χ2v) is 7.08. The molecule has 2 amide bonds. The third-order valence-corrected chi connectivity index (χ3v) is 4.60. The van der Waals surface area contributed by atoms with Crippen molar-refractivity contribution < 1.29 is 9.59 Å². The summed E-state index contributed by atoms with van der Waals surface area (Å²) >= 11 is 11.9. The summed E-state index contributed by atoms with van der Waals surface area (Å²) in [4.78, 5) is 31.1. The van der Waals surface area contributed by atoms with Crippen molar-refractivity contribution in [3.63, 3.8) is 0 Å². The maximum absolute atomic E-state index is 12.8. The van der Waals surface area contributed by atoms with Crippen molar-refractivity contribution in [2.24, 2.45) is 0 Å². The number of rotatable bonds is 4. The minimum Gasteiger partial charge on any atom is -0.311 e. The Morgan fingerprint density at radius 3 is 2.29 bits per heavy atom. The summed E-state index contributed by atoms with van der Waals surface area (Å²) in [7, 11) is 1.61. The van der Waals surface area contributed by atoms with Gasteiger partial charge in [-0.25, -0.2) is 4.98 Å². The van der Waals surface area contributed by atoms with Crippen LogP contribution in [0.25, 0.3) is 0 Å². The van der Waals surface area contributed by atoms with Gasteiger partial charge in [0.15, 0.2) is 0 Å². The highest BCUT2D eigenvalue weighted by Crippen LogP contribution is 2.26. The quantitative estimate of drug-likeness (QED) is 0.636. The van der Waals surface area contributed by atoms with Crippen LogP contribution in [0.2, 0.25) is 10.0 Å². The van der Waals surface area contributed by atoms with Gasteiger partial charge in [-0.2, -0.15) is 0 Å². The lowest BCUT2D eigenvalue weighted by molar-refractivity contribution is 0.0993. The lowest BCUT2D eigenvalue weighted by Crippen LogP contribution is -2.29. The monoisotopic (exact) mass is 413 g/mol. The molecule has 7 heteroatoms. The minimum atomic E-state index is -0.434. The summed E-state index contributed by atoms with van der Waals surface area (Å²) in [5.41, 5.74) is 2.27. The molecule has 28 heavy (non-hydrogen) atoms. The van der Waals surface area contributed by atoms with E-state index < -0.39 is 5.91 Å². The molecule has 1 heterocycles. The first-order chi connectivity index (χ1) is 13.3. The van der Waals surface area contributed by atoms with Gasteiger partial charge in [0.1, 0.15) is 5.82 Å². The normalized spacial score (nSPS) is 10.4. The van der Waals surface area contributed by atoms with Crippen LogP contribution < -0.4 is 10.2 Å². The van der Waals surface area contributed by atoms with Crippen LogP contribution in [-0.4, -0.2) is 23.8 Å². The average molecular weight is 414 g/mol. The van der Waals surface area contributed by atoms with Gasteiger partial charge in [0.2, 0.25) is 0 Å². The fourth-order valence-corrected chi connectivity index (χ4v) is 2.90. The summed E-state index contributed by atoms with van der Waals surface area (Å²) < 4.78 is 0. The van der Waals surface area contributed by atoms with E-state index in [1.54, 1.807) is 43.4 Å². The van der Waals surface area contributed by atoms with Crippen LogP contribution in [0, 0.1) is 6.92 Å². The Balaban J connectivity index is 1.91. The lowest BCUT2D eigenvalue weighted by Gasteiger charge is -2.21. The largest absolute Gasteiger partial charge is 0.311 e. The van der Waals surface area contributed by atoms with Crippen molar-refractivity contribution in [2.45, 2.75) is 6.92 Å². The number of hydrogen-bond donors (Lipinski definition) is 1. The molecule has 1 aromatic heterocycles. The molecule has 0 atom stereocenters. The first-order valence-corrected chi connectivity index (χ1v) is 9.18. The predicted octanol–water partition coefficient (Wildman–Crippen LogP) is 5.23. The molecule has 0 spiro atoms. The van der Waals surface area contributed by atoms with E-state index in [1.165, 1.54) is 17.2 Å². The Kier molecular flexibility index (Phi) is 5.97. The van der Waals surface area contributed by atoms with E-state index >= 15 is 0 Å². The Labute approximate surface area is 172 Å². The smallest absolute Gasteiger partial charge is 0.258 e. The molecule has 0 aliphatic heterocycles. The van der Waals surface area contributed by atoms with E-state index in [-0.39, 0.29) is 11.5 Å². The van der Waals surface area contributed by atoms with E-state index in [9.17, 15) is 9.59 Å². The fraction of sp³-hybridized carbons (Fsp3) is 0.0952. The maximum Gasteiger partial charge on any atom is 0.258 e. The zero-order chi connectivity index (χ0) is 20.3. The van der Waals surface area contributed by atoms with Gasteiger partial charge in [0.25, 0.3) is 11.8 Å². The van der Waals surface area contributed by atoms with Gasteiger partial charge in [-0.15, -0.1) is 0 Å². The van der Waals surface area contributed by atoms with E-state index in [0.29, 0.717) is 27.1 Å². The second-order valence-electron chi connectivity index (χ2n) is 6.21. The number of halogens is 2. The fourth-order valence-electron chi connectivity index (χ4n) is 2.62. The number of nitrogens with zero attached hydrogens (tertiary/aromatic N) is 2. The zero-order valence-electron chi connectivity index (χ0n) is 15.2. The molecule has 0 aliphatic carbocycles. The standard InChI is InChI=1S/C21H17Cl2N3O2/c1-13-3-5-14(6-4-13)21(28)26(2)18-9-7-15(22)11-17(18)20(27)25-19-10-8-16(23)12-24-19/h3-12H,1-2H3,(H,24,25,27). The predicted molar refractivity (Wildman–Crippen MR) is 113 cm³/mol. The molecular weight excluding hydrogens is 397 g/mol. The van der Waals surface area contributed by atoms with Crippen molar-refractivity contribution in [3.8, 4) is 0 Å². The van der Waals surface area contributed by atoms with Crippen LogP contribution in [-0.2, 0) is 0 Å². The number of anilines is 2. The highest BCUT2D eigenvalue weighted by molar-refractivity contribution is 6.31. The molecule has 0 radical (unpaired) electrons. The van der Waals surface area contributed by atoms with Crippen molar-refractivity contribution >= 4 is 46.5 Å². The van der Waals surface area contributed by atoms with Crippen molar-refractivity contribution in [2.75, 3.05) is 17.3 Å². The first-order valence-electron chi connectivity index (χ1n) is 8.42. The summed E-state index contributed by atoms with van der Waals surface area (Å²) in [6.45, 7) is 1.95. The van der Waals surface area contributed by atoms with Gasteiger partial charge in [-0.3, -0.25) is 9.59 Å². The number of carbonyl (C=O) groups excluding carboxylic acids is 2. The molecule has 142 valence electrons. The molecule has 2 aromatic carbocycles. The van der Waals surface area contributed by atoms with Crippen LogP contribution in [0.15, 0.2) is 60.8 Å². The third kappa shape index (κ3) is 4.50. The lowest BCUT2D eigenvalue weighted by atomic mass is 10.1. The topological polar surface area (TPSA) is 62.3 Å². The van der Waals surface area contributed by atoms with Gasteiger partial charge in [0, 0.05) is 23.8 Å². The number of aromatic nitrogens is 1. The van der Waals surface area contributed by atoms with Crippen molar-refractivity contribution in [3.05, 3.63) is 87.5 Å². The average Bonchev–Trinajstić information content (AvgIpc) is 2.69. The summed E-state index contributed by atoms with van der Waals surface area (Å²) in [6.07, 6.45) is 1.43. The maximum atomic E-state index is 12.8. The molecule has 5 nitrogen and oxygen atoms in total. The Morgan fingerprint density at radius 1 is 0.964 bits per heavy atom. The zero-order valence-corrected chi connectivity index (χ0v) is 16.8. The minimum absolute atomic E-state index is 0.235. The first kappa shape index (κ1) is 19.9. The number of amides is 2. The number of pyridine rings is 1. The molecule has 0 unspecified atom stereocenters. The van der Waals surface area contributed by atoms with E-state index in [4.69, 9.17) is 23.2 Å². The SMILES string of the molecule is Cc1ccc(C(=O)N(C)c2ccc(Cl)cc2C(=O)Nc2ccc(Cl)cn2)cc1. The molecule has 3 rings (SSSR count). The Hall–Kier alpha value is -2.89. The number of benzene rings is 2. The van der Waals surface area contributed by atoms with Crippen LogP contribution >= 0.6 is 23.2 Å². The molecule has 0 fully saturated rings. The Bertz CT molecular complexity index is 1020. The summed E-state index contributed by atoms with van der Waals surface area (Å²) in [6, 6.07) is 15.2. The van der Waals surface area contributed by atoms with Gasteiger partial charge in [-0.1, -0.05) is 40.9 Å². The molecule has 0 aliphatic rings. The number of hydrogen-bond acceptors (Lipinski definition) is 3. The molecule has 3 aromatic rings. The Morgan fingerprint density at radius 2 is 1.64 bits per heavy atom. The highest BCUT2D eigenvalue weighted by atomic mass is 35.5. The molecule has 0 saturated carbocycles. The van der Waals surface area contributed by atoms with E-state index in [2.05, 4.69) is 10.3 Å². The number of nitrogens with one attached hydrogen (secondary N) is 1.